The van der Waals surface area contributed by atoms with Crippen LogP contribution in [0.15, 0.2) is 59.6 Å². The molecule has 0 bridgehead atoms. The molecule has 1 fully saturated rings. The summed E-state index contributed by atoms with van der Waals surface area (Å²) in [4.78, 5) is 5.46. The molecule has 1 saturated heterocycles. The largest absolute Gasteiger partial charge is 0.393 e. The van der Waals surface area contributed by atoms with Crippen LogP contribution >= 0.6 is 23.4 Å². The Kier molecular flexibility index (Phi) is 7.47. The van der Waals surface area contributed by atoms with Gasteiger partial charge in [-0.1, -0.05) is 65.8 Å². The highest BCUT2D eigenvalue weighted by molar-refractivity contribution is 8.13. The monoisotopic (exact) mass is 480 g/mol. The zero-order valence-electron chi connectivity index (χ0n) is 16.1. The van der Waals surface area contributed by atoms with Crippen LogP contribution in [0.1, 0.15) is 12.0 Å². The molecule has 0 radical (unpaired) electrons. The molecule has 10 heteroatoms. The summed E-state index contributed by atoms with van der Waals surface area (Å²) < 4.78 is 80.5. The molecule has 0 amide bonds. The van der Waals surface area contributed by atoms with Crippen LogP contribution in [0.4, 0.5) is 32.0 Å². The number of aliphatic imine (C=N–C) groups is 1. The van der Waals surface area contributed by atoms with Crippen LogP contribution in [0.5, 0.6) is 0 Å². The van der Waals surface area contributed by atoms with Crippen LogP contribution in [0, 0.1) is 11.8 Å². The van der Waals surface area contributed by atoms with E-state index < -0.39 is 43.7 Å². The Labute approximate surface area is 185 Å². The maximum atomic E-state index is 13.4. The minimum atomic E-state index is -4.73. The summed E-state index contributed by atoms with van der Waals surface area (Å²) >= 11 is 7.22. The average Bonchev–Trinajstić information content (AvgIpc) is 2.71. The first-order valence-electron chi connectivity index (χ1n) is 9.42. The lowest BCUT2D eigenvalue weighted by atomic mass is 9.88. The molecular weight excluding hydrogens is 462 g/mol. The van der Waals surface area contributed by atoms with E-state index in [1.165, 1.54) is 0 Å². The van der Waals surface area contributed by atoms with Crippen molar-refractivity contribution in [3.63, 3.8) is 0 Å². The summed E-state index contributed by atoms with van der Waals surface area (Å²) in [5.41, 5.74) is 1.16. The summed E-state index contributed by atoms with van der Waals surface area (Å²) in [7, 11) is 0. The van der Waals surface area contributed by atoms with Gasteiger partial charge in [-0.3, -0.25) is 0 Å². The van der Waals surface area contributed by atoms with Gasteiger partial charge in [0, 0.05) is 18.8 Å². The van der Waals surface area contributed by atoms with E-state index >= 15 is 0 Å². The number of thioether (sulfide) groups is 1. The second-order valence-electron chi connectivity index (χ2n) is 7.24. The normalized spacial score (nSPS) is 20.7. The topological polar surface area (TPSA) is 15.6 Å². The van der Waals surface area contributed by atoms with Gasteiger partial charge in [0.25, 0.3) is 0 Å². The van der Waals surface area contributed by atoms with Crippen LogP contribution in [-0.2, 0) is 5.75 Å². The maximum Gasteiger partial charge on any atom is 0.393 e. The maximum absolute atomic E-state index is 13.4. The molecule has 0 aromatic heterocycles. The minimum absolute atomic E-state index is 0.0835. The lowest BCUT2D eigenvalue weighted by Gasteiger charge is -2.40. The SMILES string of the molecule is FC(F)(F)[C@@H]1C[C@@H](C(F)(F)F)CN(C(=Nc2ccccc2Cl)SCc2ccccc2)C1. The lowest BCUT2D eigenvalue weighted by Crippen LogP contribution is -2.51. The Morgan fingerprint density at radius 1 is 0.903 bits per heavy atom. The third-order valence-corrected chi connectivity index (χ3v) is 6.33. The van der Waals surface area contributed by atoms with Crippen LogP contribution < -0.4 is 0 Å². The quantitative estimate of drug-likeness (QED) is 0.260. The van der Waals surface area contributed by atoms with Gasteiger partial charge in [0.1, 0.15) is 0 Å². The number of hydrogen-bond donors (Lipinski definition) is 0. The molecule has 2 atom stereocenters. The van der Waals surface area contributed by atoms with Crippen molar-refractivity contribution in [3.05, 3.63) is 65.2 Å². The second kappa shape index (κ2) is 9.73. The smallest absolute Gasteiger partial charge is 0.350 e. The highest BCUT2D eigenvalue weighted by atomic mass is 35.5. The van der Waals surface area contributed by atoms with Gasteiger partial charge in [0.05, 0.1) is 22.5 Å². The van der Waals surface area contributed by atoms with Crippen LogP contribution in [-0.4, -0.2) is 35.5 Å². The molecule has 0 saturated carbocycles. The Balaban J connectivity index is 1.94. The Bertz CT molecular complexity index is 879. The van der Waals surface area contributed by atoms with Gasteiger partial charge < -0.3 is 4.90 Å². The Morgan fingerprint density at radius 2 is 1.45 bits per heavy atom. The molecule has 1 heterocycles. The highest BCUT2D eigenvalue weighted by Crippen LogP contribution is 2.42. The first-order valence-corrected chi connectivity index (χ1v) is 10.8. The summed E-state index contributed by atoms with van der Waals surface area (Å²) in [6.45, 7) is -1.16. The van der Waals surface area contributed by atoms with Crippen molar-refractivity contribution < 1.29 is 26.3 Å². The standard InChI is InChI=1S/C21H19ClF6N2S/c22-17-8-4-5-9-18(17)29-19(31-13-14-6-2-1-3-7-14)30-11-15(20(23,24)25)10-16(12-30)21(26,27)28/h1-9,15-16H,10-13H2/t15-,16-/m1/s1. The van der Waals surface area contributed by atoms with E-state index in [4.69, 9.17) is 11.6 Å². The molecule has 168 valence electrons. The Hall–Kier alpha value is -1.87. The summed E-state index contributed by atoms with van der Waals surface area (Å²) in [6, 6.07) is 15.5. The van der Waals surface area contributed by atoms with Crippen LogP contribution in [0.3, 0.4) is 0 Å². The fourth-order valence-electron chi connectivity index (χ4n) is 3.29. The van der Waals surface area contributed by atoms with Gasteiger partial charge in [0.2, 0.25) is 0 Å². The predicted molar refractivity (Wildman–Crippen MR) is 112 cm³/mol. The third kappa shape index (κ3) is 6.55. The van der Waals surface area contributed by atoms with Crippen LogP contribution in [0.25, 0.3) is 0 Å². The summed E-state index contributed by atoms with van der Waals surface area (Å²) in [5.74, 6) is -3.85. The fourth-order valence-corrected chi connectivity index (χ4v) is 4.45. The number of alkyl halides is 6. The van der Waals surface area contributed by atoms with E-state index in [0.717, 1.165) is 22.2 Å². The number of benzene rings is 2. The van der Waals surface area contributed by atoms with E-state index in [2.05, 4.69) is 4.99 Å². The minimum Gasteiger partial charge on any atom is -0.350 e. The van der Waals surface area contributed by atoms with Gasteiger partial charge in [-0.15, -0.1) is 0 Å². The molecule has 2 aromatic rings. The first-order chi connectivity index (χ1) is 14.5. The van der Waals surface area contributed by atoms with Crippen molar-refractivity contribution in [2.45, 2.75) is 24.5 Å². The molecule has 0 spiro atoms. The number of nitrogens with zero attached hydrogens (tertiary/aromatic N) is 2. The van der Waals surface area contributed by atoms with Crippen molar-refractivity contribution in [1.29, 1.82) is 0 Å². The van der Waals surface area contributed by atoms with E-state index in [1.54, 1.807) is 36.4 Å². The van der Waals surface area contributed by atoms with Crippen molar-refractivity contribution in [1.82, 2.24) is 4.90 Å². The zero-order chi connectivity index (χ0) is 22.6. The number of hydrogen-bond acceptors (Lipinski definition) is 2. The molecule has 31 heavy (non-hydrogen) atoms. The highest BCUT2D eigenvalue weighted by Gasteiger charge is 2.52. The molecule has 3 rings (SSSR count). The molecule has 0 unspecified atom stereocenters. The van der Waals surface area contributed by atoms with Gasteiger partial charge in [-0.2, -0.15) is 26.3 Å². The number of halogens is 7. The van der Waals surface area contributed by atoms with Gasteiger partial charge in [-0.25, -0.2) is 4.99 Å². The number of amidine groups is 1. The first kappa shape index (κ1) is 23.8. The molecule has 0 N–H and O–H groups in total. The zero-order valence-corrected chi connectivity index (χ0v) is 17.7. The van der Waals surface area contributed by atoms with Crippen molar-refractivity contribution in [2.24, 2.45) is 16.8 Å². The van der Waals surface area contributed by atoms with E-state index in [-0.39, 0.29) is 15.9 Å². The van der Waals surface area contributed by atoms with Crippen molar-refractivity contribution >= 4 is 34.2 Å². The molecule has 1 aliphatic heterocycles. The number of rotatable bonds is 3. The van der Waals surface area contributed by atoms with Crippen LogP contribution in [0.2, 0.25) is 5.02 Å². The Morgan fingerprint density at radius 3 is 2.00 bits per heavy atom. The van der Waals surface area contributed by atoms with Gasteiger partial charge in [0.15, 0.2) is 5.17 Å². The number of likely N-dealkylation sites (tertiary alicyclic amines) is 1. The molecule has 2 nitrogen and oxygen atoms in total. The van der Waals surface area contributed by atoms with Crippen molar-refractivity contribution in [3.8, 4) is 0 Å². The number of para-hydroxylation sites is 1. The fraction of sp³-hybridized carbons (Fsp3) is 0.381. The summed E-state index contributed by atoms with van der Waals surface area (Å²) in [5, 5.41) is 0.345. The molecule has 2 aromatic carbocycles. The molecular formula is C21H19ClF6N2S. The van der Waals surface area contributed by atoms with E-state index in [1.807, 2.05) is 18.2 Å². The predicted octanol–water partition coefficient (Wildman–Crippen LogP) is 7.32. The number of piperidine rings is 1. The second-order valence-corrected chi connectivity index (χ2v) is 8.59. The van der Waals surface area contributed by atoms with Crippen molar-refractivity contribution in [2.75, 3.05) is 13.1 Å². The van der Waals surface area contributed by atoms with Gasteiger partial charge in [-0.05, 0) is 24.1 Å². The lowest BCUT2D eigenvalue weighted by molar-refractivity contribution is -0.225. The third-order valence-electron chi connectivity index (χ3n) is 4.93. The van der Waals surface area contributed by atoms with E-state index in [0.29, 0.717) is 5.75 Å². The average molecular weight is 481 g/mol. The van der Waals surface area contributed by atoms with Gasteiger partial charge >= 0.3 is 12.4 Å². The molecule has 1 aliphatic rings. The summed E-state index contributed by atoms with van der Waals surface area (Å²) in [6.07, 6.45) is -10.4. The molecule has 0 aliphatic carbocycles. The van der Waals surface area contributed by atoms with E-state index in [9.17, 15) is 26.3 Å².